The summed E-state index contributed by atoms with van der Waals surface area (Å²) in [7, 11) is 1.85. The minimum absolute atomic E-state index is 0.0641. The monoisotopic (exact) mass is 274 g/mol. The Labute approximate surface area is 117 Å². The predicted octanol–water partition coefficient (Wildman–Crippen LogP) is 1.48. The number of benzene rings is 1. The van der Waals surface area contributed by atoms with Crippen molar-refractivity contribution in [3.63, 3.8) is 0 Å². The molecule has 0 amide bonds. The largest absolute Gasteiger partial charge is 0.481 e. The first-order valence-electron chi connectivity index (χ1n) is 6.35. The van der Waals surface area contributed by atoms with Gasteiger partial charge in [-0.2, -0.15) is 5.10 Å². The fraction of sp³-hybridized carbons (Fsp3) is 0.286. The molecule has 0 saturated carbocycles. The van der Waals surface area contributed by atoms with Crippen molar-refractivity contribution in [3.05, 3.63) is 42.2 Å². The first-order chi connectivity index (χ1) is 9.56. The van der Waals surface area contributed by atoms with Crippen molar-refractivity contribution in [2.75, 3.05) is 17.2 Å². The van der Waals surface area contributed by atoms with Gasteiger partial charge >= 0.3 is 5.97 Å². The lowest BCUT2D eigenvalue weighted by molar-refractivity contribution is -0.136. The molecular formula is C14H18N4O2. The Balaban J connectivity index is 2.20. The summed E-state index contributed by atoms with van der Waals surface area (Å²) in [6.07, 6.45) is 3.74. The summed E-state index contributed by atoms with van der Waals surface area (Å²) < 4.78 is 1.72. The Morgan fingerprint density at radius 1 is 1.45 bits per heavy atom. The molecule has 0 unspecified atom stereocenters. The third-order valence-electron chi connectivity index (χ3n) is 3.00. The summed E-state index contributed by atoms with van der Waals surface area (Å²) in [5, 5.41) is 13.0. The van der Waals surface area contributed by atoms with Crippen LogP contribution in [0.2, 0.25) is 0 Å². The zero-order valence-electron chi connectivity index (χ0n) is 11.4. The quantitative estimate of drug-likeness (QED) is 0.779. The van der Waals surface area contributed by atoms with E-state index >= 15 is 0 Å². The van der Waals surface area contributed by atoms with Crippen molar-refractivity contribution in [3.8, 4) is 0 Å². The number of aryl methyl sites for hydroxylation is 1. The second-order valence-corrected chi connectivity index (χ2v) is 4.65. The second kappa shape index (κ2) is 6.10. The lowest BCUT2D eigenvalue weighted by Gasteiger charge is -2.25. The molecule has 1 aromatic heterocycles. The Morgan fingerprint density at radius 2 is 2.20 bits per heavy atom. The lowest BCUT2D eigenvalue weighted by Crippen LogP contribution is -2.26. The number of rotatable bonds is 6. The van der Waals surface area contributed by atoms with Gasteiger partial charge in [-0.25, -0.2) is 0 Å². The first kappa shape index (κ1) is 13.9. The average molecular weight is 274 g/mol. The molecule has 106 valence electrons. The maximum Gasteiger partial charge on any atom is 0.305 e. The number of nitrogens with zero attached hydrogens (tertiary/aromatic N) is 3. The fourth-order valence-corrected chi connectivity index (χ4v) is 2.06. The molecule has 0 atom stereocenters. The highest BCUT2D eigenvalue weighted by Crippen LogP contribution is 2.24. The van der Waals surface area contributed by atoms with Gasteiger partial charge in [0.2, 0.25) is 0 Å². The van der Waals surface area contributed by atoms with Crippen molar-refractivity contribution >= 4 is 17.3 Å². The van der Waals surface area contributed by atoms with E-state index in [1.165, 1.54) is 0 Å². The van der Waals surface area contributed by atoms with Crippen LogP contribution in [0.3, 0.4) is 0 Å². The van der Waals surface area contributed by atoms with E-state index in [2.05, 4.69) is 5.10 Å². The van der Waals surface area contributed by atoms with E-state index in [0.717, 1.165) is 11.3 Å². The Hall–Kier alpha value is -2.50. The standard InChI is InChI=1S/C14H18N4O2/c1-17-9-11(8-16-17)10-18(7-6-14(19)20)13-5-3-2-4-12(13)15/h2-5,8-9H,6-7,10,15H2,1H3,(H,19,20). The molecule has 0 fully saturated rings. The van der Waals surface area contributed by atoms with Crippen LogP contribution < -0.4 is 10.6 Å². The Morgan fingerprint density at radius 3 is 2.80 bits per heavy atom. The number of hydrogen-bond donors (Lipinski definition) is 2. The third-order valence-corrected chi connectivity index (χ3v) is 3.00. The summed E-state index contributed by atoms with van der Waals surface area (Å²) in [6, 6.07) is 7.46. The SMILES string of the molecule is Cn1cc(CN(CCC(=O)O)c2ccccc2N)cn1. The number of nitrogens with two attached hydrogens (primary N) is 1. The first-order valence-corrected chi connectivity index (χ1v) is 6.35. The van der Waals surface area contributed by atoms with Gasteiger partial charge in [0.05, 0.1) is 24.0 Å². The maximum absolute atomic E-state index is 10.8. The number of hydrogen-bond acceptors (Lipinski definition) is 4. The summed E-state index contributed by atoms with van der Waals surface area (Å²) in [4.78, 5) is 12.8. The van der Waals surface area contributed by atoms with Crippen LogP contribution in [0.1, 0.15) is 12.0 Å². The summed E-state index contributed by atoms with van der Waals surface area (Å²) in [6.45, 7) is 0.980. The number of para-hydroxylation sites is 2. The summed E-state index contributed by atoms with van der Waals surface area (Å²) >= 11 is 0. The van der Waals surface area contributed by atoms with E-state index in [1.807, 2.05) is 42.4 Å². The van der Waals surface area contributed by atoms with E-state index in [4.69, 9.17) is 10.8 Å². The predicted molar refractivity (Wildman–Crippen MR) is 77.4 cm³/mol. The second-order valence-electron chi connectivity index (χ2n) is 4.65. The van der Waals surface area contributed by atoms with E-state index in [0.29, 0.717) is 18.8 Å². The molecule has 1 aromatic carbocycles. The summed E-state index contributed by atoms with van der Waals surface area (Å²) in [5.41, 5.74) is 8.48. The minimum Gasteiger partial charge on any atom is -0.481 e. The van der Waals surface area contributed by atoms with E-state index < -0.39 is 5.97 Å². The molecule has 0 aliphatic rings. The molecule has 3 N–H and O–H groups in total. The van der Waals surface area contributed by atoms with Crippen LogP contribution >= 0.6 is 0 Å². The van der Waals surface area contributed by atoms with Crippen LogP contribution in [0.5, 0.6) is 0 Å². The molecule has 6 heteroatoms. The van der Waals surface area contributed by atoms with Crippen molar-refractivity contribution in [1.82, 2.24) is 9.78 Å². The topological polar surface area (TPSA) is 84.4 Å². The van der Waals surface area contributed by atoms with Crippen LogP contribution in [0.25, 0.3) is 0 Å². The highest BCUT2D eigenvalue weighted by atomic mass is 16.4. The maximum atomic E-state index is 10.8. The van der Waals surface area contributed by atoms with Crippen LogP contribution in [0.15, 0.2) is 36.7 Å². The molecule has 0 saturated heterocycles. The van der Waals surface area contributed by atoms with Gasteiger partial charge in [0.25, 0.3) is 0 Å². The van der Waals surface area contributed by atoms with Crippen molar-refractivity contribution in [1.29, 1.82) is 0 Å². The van der Waals surface area contributed by atoms with Crippen molar-refractivity contribution < 1.29 is 9.90 Å². The number of carboxylic acids is 1. The lowest BCUT2D eigenvalue weighted by atomic mass is 10.2. The van der Waals surface area contributed by atoms with Crippen molar-refractivity contribution in [2.24, 2.45) is 7.05 Å². The van der Waals surface area contributed by atoms with Crippen molar-refractivity contribution in [2.45, 2.75) is 13.0 Å². The molecule has 2 aromatic rings. The molecule has 2 rings (SSSR count). The number of anilines is 2. The normalized spacial score (nSPS) is 10.4. The molecule has 0 bridgehead atoms. The highest BCUT2D eigenvalue weighted by molar-refractivity contribution is 5.70. The van der Waals surface area contributed by atoms with E-state index in [-0.39, 0.29) is 6.42 Å². The molecule has 1 heterocycles. The van der Waals surface area contributed by atoms with Gasteiger partial charge in [-0.1, -0.05) is 12.1 Å². The van der Waals surface area contributed by atoms with Gasteiger partial charge in [0, 0.05) is 31.9 Å². The number of carbonyl (C=O) groups is 1. The number of nitrogen functional groups attached to an aromatic ring is 1. The molecule has 0 radical (unpaired) electrons. The highest BCUT2D eigenvalue weighted by Gasteiger charge is 2.12. The van der Waals surface area contributed by atoms with Gasteiger partial charge in [-0.3, -0.25) is 9.48 Å². The molecule has 0 aliphatic carbocycles. The van der Waals surface area contributed by atoms with Gasteiger partial charge in [-0.15, -0.1) is 0 Å². The van der Waals surface area contributed by atoms with E-state index in [1.54, 1.807) is 10.9 Å². The smallest absolute Gasteiger partial charge is 0.305 e. The molecule has 0 spiro atoms. The molecule has 6 nitrogen and oxygen atoms in total. The average Bonchev–Trinajstić information content (AvgIpc) is 2.81. The number of aromatic nitrogens is 2. The number of aliphatic carboxylic acids is 1. The zero-order valence-corrected chi connectivity index (χ0v) is 11.4. The van der Waals surface area contributed by atoms with Gasteiger partial charge in [0.15, 0.2) is 0 Å². The Bertz CT molecular complexity index is 594. The Kier molecular flexibility index (Phi) is 4.24. The van der Waals surface area contributed by atoms with E-state index in [9.17, 15) is 4.79 Å². The number of carboxylic acid groups (broad SMARTS) is 1. The summed E-state index contributed by atoms with van der Waals surface area (Å²) in [5.74, 6) is -0.823. The molecular weight excluding hydrogens is 256 g/mol. The van der Waals surface area contributed by atoms with Crippen LogP contribution in [-0.4, -0.2) is 27.4 Å². The van der Waals surface area contributed by atoms with Gasteiger partial charge < -0.3 is 15.7 Å². The van der Waals surface area contributed by atoms with Gasteiger partial charge in [-0.05, 0) is 12.1 Å². The fourth-order valence-electron chi connectivity index (χ4n) is 2.06. The third kappa shape index (κ3) is 3.50. The zero-order chi connectivity index (χ0) is 14.5. The van der Waals surface area contributed by atoms with Crippen LogP contribution in [0.4, 0.5) is 11.4 Å². The molecule has 20 heavy (non-hydrogen) atoms. The van der Waals surface area contributed by atoms with Gasteiger partial charge in [0.1, 0.15) is 0 Å². The minimum atomic E-state index is -0.823. The van der Waals surface area contributed by atoms with Crippen LogP contribution in [-0.2, 0) is 18.4 Å². The molecule has 0 aliphatic heterocycles. The van der Waals surface area contributed by atoms with Crippen LogP contribution in [0, 0.1) is 0 Å².